The Balaban J connectivity index is 0.00000280. The van der Waals surface area contributed by atoms with Crippen molar-refractivity contribution in [3.8, 4) is 0 Å². The maximum atomic E-state index is 4.97. The van der Waals surface area contributed by atoms with Gasteiger partial charge in [0.05, 0.1) is 12.6 Å². The number of benzene rings is 1. The number of hydrogen-bond donors (Lipinski definition) is 2. The third-order valence-corrected chi connectivity index (χ3v) is 5.91. The summed E-state index contributed by atoms with van der Waals surface area (Å²) in [5.74, 6) is 1.70. The van der Waals surface area contributed by atoms with Crippen LogP contribution in [-0.4, -0.2) is 68.1 Å². The van der Waals surface area contributed by atoms with E-state index in [1.54, 1.807) is 0 Å². The molecule has 2 saturated heterocycles. The standard InChI is InChI=1S/C22H37N5.HI/c1-3-23-22(24-16-19-12-15-26(4-2)18-19)25-17-21(27-13-8-9-14-27)20-10-6-5-7-11-20;/h5-7,10-11,19,21H,3-4,8-9,12-18H2,1-2H3,(H2,23,24,25);1H. The largest absolute Gasteiger partial charge is 0.357 e. The molecule has 1 aromatic rings. The van der Waals surface area contributed by atoms with E-state index in [0.29, 0.717) is 6.04 Å². The van der Waals surface area contributed by atoms with E-state index in [0.717, 1.165) is 31.5 Å². The average molecular weight is 499 g/mol. The summed E-state index contributed by atoms with van der Waals surface area (Å²) in [5.41, 5.74) is 1.38. The molecule has 0 spiro atoms. The van der Waals surface area contributed by atoms with Crippen molar-refractivity contribution < 1.29 is 0 Å². The Hall–Kier alpha value is -0.860. The number of aliphatic imine (C=N–C) groups is 1. The second kappa shape index (κ2) is 12.6. The Kier molecular flexibility index (Phi) is 10.6. The molecule has 2 N–H and O–H groups in total. The zero-order valence-electron chi connectivity index (χ0n) is 17.6. The smallest absolute Gasteiger partial charge is 0.191 e. The van der Waals surface area contributed by atoms with Crippen LogP contribution in [0.4, 0.5) is 0 Å². The molecule has 2 atom stereocenters. The highest BCUT2D eigenvalue weighted by atomic mass is 127. The van der Waals surface area contributed by atoms with E-state index < -0.39 is 0 Å². The molecule has 5 nitrogen and oxygen atoms in total. The lowest BCUT2D eigenvalue weighted by molar-refractivity contribution is 0.251. The van der Waals surface area contributed by atoms with Gasteiger partial charge in [0.25, 0.3) is 0 Å². The maximum Gasteiger partial charge on any atom is 0.191 e. The highest BCUT2D eigenvalue weighted by Crippen LogP contribution is 2.25. The van der Waals surface area contributed by atoms with Crippen molar-refractivity contribution in [3.05, 3.63) is 35.9 Å². The number of nitrogens with zero attached hydrogens (tertiary/aromatic N) is 3. The minimum absolute atomic E-state index is 0. The zero-order chi connectivity index (χ0) is 18.9. The predicted molar refractivity (Wildman–Crippen MR) is 130 cm³/mol. The first-order valence-corrected chi connectivity index (χ1v) is 10.8. The van der Waals surface area contributed by atoms with Gasteiger partial charge in [-0.3, -0.25) is 9.89 Å². The zero-order valence-corrected chi connectivity index (χ0v) is 19.9. The molecule has 0 amide bonds. The van der Waals surface area contributed by atoms with Crippen LogP contribution in [0.5, 0.6) is 0 Å². The molecule has 3 rings (SSSR count). The van der Waals surface area contributed by atoms with E-state index in [-0.39, 0.29) is 24.0 Å². The van der Waals surface area contributed by atoms with E-state index in [9.17, 15) is 0 Å². The molecule has 0 saturated carbocycles. The summed E-state index contributed by atoms with van der Waals surface area (Å²) in [6, 6.07) is 11.3. The third-order valence-electron chi connectivity index (χ3n) is 5.91. The summed E-state index contributed by atoms with van der Waals surface area (Å²) in [5, 5.41) is 7.03. The van der Waals surface area contributed by atoms with Crippen LogP contribution < -0.4 is 10.6 Å². The minimum atomic E-state index is 0. The fourth-order valence-electron chi connectivity index (χ4n) is 4.29. The summed E-state index contributed by atoms with van der Waals surface area (Å²) in [6.07, 6.45) is 3.91. The lowest BCUT2D eigenvalue weighted by Gasteiger charge is -2.27. The van der Waals surface area contributed by atoms with Crippen molar-refractivity contribution in [1.29, 1.82) is 0 Å². The molecule has 6 heteroatoms. The van der Waals surface area contributed by atoms with Crippen molar-refractivity contribution in [2.75, 3.05) is 52.4 Å². The van der Waals surface area contributed by atoms with Crippen molar-refractivity contribution >= 4 is 29.9 Å². The highest BCUT2D eigenvalue weighted by Gasteiger charge is 2.24. The monoisotopic (exact) mass is 499 g/mol. The first-order valence-electron chi connectivity index (χ1n) is 10.8. The van der Waals surface area contributed by atoms with E-state index in [4.69, 9.17) is 4.99 Å². The molecule has 158 valence electrons. The summed E-state index contributed by atoms with van der Waals surface area (Å²) in [6.45, 7) is 13.1. The fraction of sp³-hybridized carbons (Fsp3) is 0.682. The molecule has 0 aliphatic carbocycles. The van der Waals surface area contributed by atoms with Crippen LogP contribution in [0.15, 0.2) is 35.3 Å². The van der Waals surface area contributed by atoms with Crippen LogP contribution in [0.1, 0.15) is 44.7 Å². The number of halogens is 1. The van der Waals surface area contributed by atoms with Crippen molar-refractivity contribution in [2.45, 2.75) is 39.2 Å². The lowest BCUT2D eigenvalue weighted by atomic mass is 10.1. The van der Waals surface area contributed by atoms with Crippen LogP contribution >= 0.6 is 24.0 Å². The van der Waals surface area contributed by atoms with Crippen molar-refractivity contribution in [3.63, 3.8) is 0 Å². The van der Waals surface area contributed by atoms with Crippen LogP contribution in [0.25, 0.3) is 0 Å². The Morgan fingerprint density at radius 1 is 1.11 bits per heavy atom. The predicted octanol–water partition coefficient (Wildman–Crippen LogP) is 3.34. The second-order valence-corrected chi connectivity index (χ2v) is 7.82. The molecule has 2 unspecified atom stereocenters. The Morgan fingerprint density at radius 2 is 1.86 bits per heavy atom. The van der Waals surface area contributed by atoms with Gasteiger partial charge in [0, 0.05) is 19.6 Å². The van der Waals surface area contributed by atoms with Gasteiger partial charge in [-0.15, -0.1) is 24.0 Å². The van der Waals surface area contributed by atoms with Gasteiger partial charge in [-0.2, -0.15) is 0 Å². The Labute approximate surface area is 188 Å². The molecule has 2 heterocycles. The Morgan fingerprint density at radius 3 is 2.50 bits per heavy atom. The molecule has 0 bridgehead atoms. The molecule has 0 aromatic heterocycles. The fourth-order valence-corrected chi connectivity index (χ4v) is 4.29. The third kappa shape index (κ3) is 6.88. The van der Waals surface area contributed by atoms with Gasteiger partial charge in [-0.05, 0) is 63.8 Å². The number of nitrogens with one attached hydrogen (secondary N) is 2. The SMILES string of the molecule is CCNC(=NCC(c1ccccc1)N1CCCC1)NCC1CCN(CC)C1.I. The normalized spacial score (nSPS) is 22.1. The van der Waals surface area contributed by atoms with Crippen molar-refractivity contribution in [2.24, 2.45) is 10.9 Å². The highest BCUT2D eigenvalue weighted by molar-refractivity contribution is 14.0. The minimum Gasteiger partial charge on any atom is -0.357 e. The van der Waals surface area contributed by atoms with Crippen LogP contribution in [0.3, 0.4) is 0 Å². The van der Waals surface area contributed by atoms with Gasteiger partial charge in [-0.1, -0.05) is 37.3 Å². The first-order chi connectivity index (χ1) is 13.3. The molecule has 0 radical (unpaired) electrons. The van der Waals surface area contributed by atoms with Gasteiger partial charge in [-0.25, -0.2) is 0 Å². The van der Waals surface area contributed by atoms with Crippen LogP contribution in [0, 0.1) is 5.92 Å². The number of guanidine groups is 1. The molecule has 28 heavy (non-hydrogen) atoms. The second-order valence-electron chi connectivity index (χ2n) is 7.82. The van der Waals surface area contributed by atoms with Gasteiger partial charge in [0.1, 0.15) is 0 Å². The summed E-state index contributed by atoms with van der Waals surface area (Å²) < 4.78 is 0. The van der Waals surface area contributed by atoms with Gasteiger partial charge in [0.15, 0.2) is 5.96 Å². The maximum absolute atomic E-state index is 4.97. The van der Waals surface area contributed by atoms with Gasteiger partial charge in [0.2, 0.25) is 0 Å². The van der Waals surface area contributed by atoms with E-state index in [1.807, 2.05) is 0 Å². The van der Waals surface area contributed by atoms with Gasteiger partial charge >= 0.3 is 0 Å². The number of rotatable bonds is 8. The number of likely N-dealkylation sites (tertiary alicyclic amines) is 2. The molecule has 2 aliphatic heterocycles. The van der Waals surface area contributed by atoms with E-state index in [1.165, 1.54) is 57.5 Å². The van der Waals surface area contributed by atoms with E-state index >= 15 is 0 Å². The first kappa shape index (κ1) is 23.4. The van der Waals surface area contributed by atoms with Crippen LogP contribution in [-0.2, 0) is 0 Å². The molecule has 1 aromatic carbocycles. The Bertz CT molecular complexity index is 574. The molecular formula is C22H38IN5. The summed E-state index contributed by atoms with van der Waals surface area (Å²) in [7, 11) is 0. The number of hydrogen-bond acceptors (Lipinski definition) is 3. The summed E-state index contributed by atoms with van der Waals surface area (Å²) >= 11 is 0. The topological polar surface area (TPSA) is 42.9 Å². The molecule has 2 aliphatic rings. The molecular weight excluding hydrogens is 461 g/mol. The van der Waals surface area contributed by atoms with Gasteiger partial charge < -0.3 is 15.5 Å². The molecule has 2 fully saturated rings. The summed E-state index contributed by atoms with van der Waals surface area (Å²) in [4.78, 5) is 10.1. The van der Waals surface area contributed by atoms with Crippen molar-refractivity contribution in [1.82, 2.24) is 20.4 Å². The quantitative estimate of drug-likeness (QED) is 0.327. The van der Waals surface area contributed by atoms with Crippen LogP contribution in [0.2, 0.25) is 0 Å². The lowest BCUT2D eigenvalue weighted by Crippen LogP contribution is -2.41. The average Bonchev–Trinajstić information content (AvgIpc) is 3.39. The van der Waals surface area contributed by atoms with E-state index in [2.05, 4.69) is 64.6 Å².